The molecular weight excluding hydrogens is 514 g/mol. The van der Waals surface area contributed by atoms with Crippen LogP contribution in [0.2, 0.25) is 0 Å². The molecule has 1 unspecified atom stereocenters. The van der Waals surface area contributed by atoms with Crippen LogP contribution in [0.15, 0.2) is 0 Å². The lowest BCUT2D eigenvalue weighted by Crippen LogP contribution is -2.55. The molecule has 0 aliphatic heterocycles. The molecule has 0 radical (unpaired) electrons. The lowest BCUT2D eigenvalue weighted by atomic mass is 9.93. The third kappa shape index (κ3) is 23.7. The minimum atomic E-state index is -0.798. The van der Waals surface area contributed by atoms with Gasteiger partial charge in [0.05, 0.1) is 32.0 Å². The first-order valence-electron chi connectivity index (χ1n) is 15.2. The summed E-state index contributed by atoms with van der Waals surface area (Å²) in [7, 11) is 1.87. The van der Waals surface area contributed by atoms with E-state index in [0.29, 0.717) is 45.1 Å². The topological polar surface area (TPSA) is 140 Å². The number of rotatable bonds is 31. The van der Waals surface area contributed by atoms with E-state index in [9.17, 15) is 24.0 Å². The van der Waals surface area contributed by atoms with Crippen molar-refractivity contribution >= 4 is 30.7 Å². The molecule has 10 nitrogen and oxygen atoms in total. The second-order valence-electron chi connectivity index (χ2n) is 10.4. The predicted octanol–water partition coefficient (Wildman–Crippen LogP) is 3.44. The summed E-state index contributed by atoms with van der Waals surface area (Å²) in [6.45, 7) is 2.26. The minimum Gasteiger partial charge on any atom is -0.378 e. The van der Waals surface area contributed by atoms with Gasteiger partial charge in [0.25, 0.3) is 0 Å². The average Bonchev–Trinajstić information content (AvgIpc) is 2.95. The van der Waals surface area contributed by atoms with Crippen LogP contribution in [0.1, 0.15) is 109 Å². The Bertz CT molecular complexity index is 645. The van der Waals surface area contributed by atoms with Crippen LogP contribution in [0.25, 0.3) is 0 Å². The summed E-state index contributed by atoms with van der Waals surface area (Å²) in [5, 5.41) is 9.05. The lowest BCUT2D eigenvalue weighted by Gasteiger charge is -2.35. The van der Waals surface area contributed by atoms with Gasteiger partial charge >= 0.3 is 0 Å². The van der Waals surface area contributed by atoms with Crippen molar-refractivity contribution in [2.45, 2.75) is 115 Å². The fourth-order valence-electron chi connectivity index (χ4n) is 4.36. The maximum atomic E-state index is 13.0. The molecule has 10 heteroatoms. The molecule has 0 aromatic rings. The van der Waals surface area contributed by atoms with Gasteiger partial charge in [0, 0.05) is 38.6 Å². The van der Waals surface area contributed by atoms with E-state index >= 15 is 0 Å². The quantitative estimate of drug-likeness (QED) is 0.0852. The molecule has 40 heavy (non-hydrogen) atoms. The van der Waals surface area contributed by atoms with E-state index in [1.807, 2.05) is 7.05 Å². The van der Waals surface area contributed by atoms with Gasteiger partial charge in [0.15, 0.2) is 0 Å². The van der Waals surface area contributed by atoms with Crippen LogP contribution in [0.3, 0.4) is 0 Å². The van der Waals surface area contributed by atoms with Crippen LogP contribution in [-0.4, -0.2) is 82.8 Å². The van der Waals surface area contributed by atoms with E-state index < -0.39 is 5.54 Å². The molecule has 2 amide bonds. The van der Waals surface area contributed by atoms with Gasteiger partial charge < -0.3 is 39.8 Å². The number of hydrogen-bond acceptors (Lipinski definition) is 8. The highest BCUT2D eigenvalue weighted by molar-refractivity contribution is 5.77. The average molecular weight is 570 g/mol. The van der Waals surface area contributed by atoms with Crippen LogP contribution in [0.5, 0.6) is 0 Å². The number of unbranched alkanes of at least 4 members (excludes halogenated alkanes) is 10. The molecule has 0 aromatic carbocycles. The van der Waals surface area contributed by atoms with Crippen molar-refractivity contribution < 1.29 is 33.4 Å². The van der Waals surface area contributed by atoms with Crippen LogP contribution in [-0.2, 0) is 33.4 Å². The van der Waals surface area contributed by atoms with Gasteiger partial charge in [-0.25, -0.2) is 0 Å². The Kier molecular flexibility index (Phi) is 26.8. The highest BCUT2D eigenvalue weighted by Crippen LogP contribution is 2.19. The zero-order chi connectivity index (χ0) is 29.6. The number of hydrogen-bond donors (Lipinski definition) is 3. The van der Waals surface area contributed by atoms with Crippen molar-refractivity contribution in [3.05, 3.63) is 0 Å². The molecular formula is C30H55N3O7. The Balaban J connectivity index is 4.80. The maximum Gasteiger partial charge on any atom is 0.222 e. The van der Waals surface area contributed by atoms with E-state index in [1.54, 1.807) is 0 Å². The van der Waals surface area contributed by atoms with E-state index in [0.717, 1.165) is 83.2 Å². The molecule has 0 rings (SSSR count). The molecule has 0 aliphatic carbocycles. The first-order valence-corrected chi connectivity index (χ1v) is 15.2. The van der Waals surface area contributed by atoms with Crippen LogP contribution in [0, 0.1) is 0 Å². The highest BCUT2D eigenvalue weighted by atomic mass is 16.5. The standard InChI is InChI=1S/C30H55N3O7/c1-31-19-14-20-32-28(37)17-25-40-27-30(18-11-9-13-22-35,26-39-24-15-23-36)33-29(38)16-10-7-5-3-2-4-6-8-12-21-34/h21-23,31H,2-20,24-27H2,1H3,(H,32,37)(H,33,38). The fraction of sp³-hybridized carbons (Fsp3) is 0.833. The number of carbonyl (C=O) groups excluding carboxylic acids is 5. The number of amides is 2. The van der Waals surface area contributed by atoms with Gasteiger partial charge in [-0.2, -0.15) is 0 Å². The van der Waals surface area contributed by atoms with Gasteiger partial charge in [-0.15, -0.1) is 0 Å². The third-order valence-electron chi connectivity index (χ3n) is 6.64. The van der Waals surface area contributed by atoms with Gasteiger partial charge in [-0.3, -0.25) is 9.59 Å². The van der Waals surface area contributed by atoms with Crippen molar-refractivity contribution in [2.75, 3.05) is 46.6 Å². The number of carbonyl (C=O) groups is 5. The molecule has 0 bridgehead atoms. The molecule has 0 aliphatic rings. The van der Waals surface area contributed by atoms with E-state index in [4.69, 9.17) is 9.47 Å². The third-order valence-corrected chi connectivity index (χ3v) is 6.64. The minimum absolute atomic E-state index is 0.0749. The maximum absolute atomic E-state index is 13.0. The summed E-state index contributed by atoms with van der Waals surface area (Å²) < 4.78 is 11.6. The molecule has 0 saturated carbocycles. The molecule has 0 fully saturated rings. The molecule has 0 heterocycles. The van der Waals surface area contributed by atoms with Crippen LogP contribution in [0.4, 0.5) is 0 Å². The largest absolute Gasteiger partial charge is 0.378 e. The van der Waals surface area contributed by atoms with E-state index in [1.165, 1.54) is 0 Å². The second-order valence-corrected chi connectivity index (χ2v) is 10.4. The van der Waals surface area contributed by atoms with Crippen LogP contribution < -0.4 is 16.0 Å². The molecule has 0 aromatic heterocycles. The Hall–Kier alpha value is -2.17. The van der Waals surface area contributed by atoms with Gasteiger partial charge in [-0.1, -0.05) is 44.9 Å². The molecule has 3 N–H and O–H groups in total. The fourth-order valence-corrected chi connectivity index (χ4v) is 4.36. The summed E-state index contributed by atoms with van der Waals surface area (Å²) in [4.78, 5) is 56.9. The molecule has 232 valence electrons. The molecule has 0 saturated heterocycles. The second kappa shape index (κ2) is 28.4. The zero-order valence-corrected chi connectivity index (χ0v) is 24.9. The lowest BCUT2D eigenvalue weighted by molar-refractivity contribution is -0.127. The predicted molar refractivity (Wildman–Crippen MR) is 156 cm³/mol. The number of nitrogens with one attached hydrogen (secondary N) is 3. The highest BCUT2D eigenvalue weighted by Gasteiger charge is 2.32. The number of aldehydes is 3. The van der Waals surface area contributed by atoms with Crippen molar-refractivity contribution in [3.8, 4) is 0 Å². The van der Waals surface area contributed by atoms with Crippen LogP contribution >= 0.6 is 0 Å². The van der Waals surface area contributed by atoms with Gasteiger partial charge in [0.1, 0.15) is 18.9 Å². The van der Waals surface area contributed by atoms with Gasteiger partial charge in [-0.05, 0) is 45.7 Å². The molecule has 1 atom stereocenters. The summed E-state index contributed by atoms with van der Waals surface area (Å²) in [5.74, 6) is -0.158. The first kappa shape index (κ1) is 37.8. The summed E-state index contributed by atoms with van der Waals surface area (Å²) in [5.41, 5.74) is -0.798. The van der Waals surface area contributed by atoms with Crippen molar-refractivity contribution in [2.24, 2.45) is 0 Å². The van der Waals surface area contributed by atoms with Gasteiger partial charge in [0.2, 0.25) is 11.8 Å². The normalized spacial score (nSPS) is 12.4. The smallest absolute Gasteiger partial charge is 0.222 e. The first-order chi connectivity index (χ1) is 19.5. The Morgan fingerprint density at radius 3 is 1.82 bits per heavy atom. The monoisotopic (exact) mass is 569 g/mol. The Morgan fingerprint density at radius 2 is 1.20 bits per heavy atom. The SMILES string of the molecule is CNCCCNC(=O)CCOCC(CCCCC=O)(COCCC=O)NC(=O)CCCCCCCCCCC=O. The van der Waals surface area contributed by atoms with Crippen molar-refractivity contribution in [1.82, 2.24) is 16.0 Å². The number of ether oxygens (including phenoxy) is 2. The summed E-state index contributed by atoms with van der Waals surface area (Å²) in [6.07, 6.45) is 15.8. The Morgan fingerprint density at radius 1 is 0.625 bits per heavy atom. The van der Waals surface area contributed by atoms with E-state index in [2.05, 4.69) is 16.0 Å². The Labute approximate surface area is 241 Å². The zero-order valence-electron chi connectivity index (χ0n) is 24.9. The summed E-state index contributed by atoms with van der Waals surface area (Å²) >= 11 is 0. The summed E-state index contributed by atoms with van der Waals surface area (Å²) in [6, 6.07) is 0. The van der Waals surface area contributed by atoms with E-state index in [-0.39, 0.29) is 51.1 Å². The van der Waals surface area contributed by atoms with Crippen molar-refractivity contribution in [3.63, 3.8) is 0 Å². The van der Waals surface area contributed by atoms with Crippen molar-refractivity contribution in [1.29, 1.82) is 0 Å². The molecule has 0 spiro atoms.